The van der Waals surface area contributed by atoms with Crippen LogP contribution in [0.1, 0.15) is 19.3 Å². The second kappa shape index (κ2) is 6.54. The van der Waals surface area contributed by atoms with Crippen molar-refractivity contribution >= 4 is 11.6 Å². The molecule has 0 amide bonds. The molecule has 0 spiro atoms. The third-order valence-electron chi connectivity index (χ3n) is 1.30. The smallest absolute Gasteiger partial charge is 0.317 e. The fraction of sp³-hybridized carbons (Fsp3) is 1.00. The lowest BCUT2D eigenvalue weighted by Crippen LogP contribution is -2.19. The first-order valence-electron chi connectivity index (χ1n) is 3.89. The molecule has 0 heterocycles. The Balaban J connectivity index is 3.01. The Morgan fingerprint density at radius 2 is 1.67 bits per heavy atom. The molecule has 0 aromatic heterocycles. The molecule has 0 atom stereocenters. The van der Waals surface area contributed by atoms with Gasteiger partial charge in [0.1, 0.15) is 0 Å². The summed E-state index contributed by atoms with van der Waals surface area (Å²) in [7, 11) is 0. The predicted octanol–water partition coefficient (Wildman–Crippen LogP) is 2.55. The van der Waals surface area contributed by atoms with E-state index in [1.165, 1.54) is 0 Å². The van der Waals surface area contributed by atoms with Crippen LogP contribution in [0.5, 0.6) is 0 Å². The zero-order chi connectivity index (χ0) is 9.45. The predicted molar refractivity (Wildman–Crippen MR) is 43.5 cm³/mol. The van der Waals surface area contributed by atoms with Crippen molar-refractivity contribution in [3.63, 3.8) is 0 Å². The highest BCUT2D eigenvalue weighted by atomic mass is 35.5. The van der Waals surface area contributed by atoms with E-state index in [9.17, 15) is 13.2 Å². The average Bonchev–Trinajstić information content (AvgIpc) is 1.94. The Morgan fingerprint density at radius 3 is 2.17 bits per heavy atom. The molecule has 0 bridgehead atoms. The number of hydrogen-bond donors (Lipinski definition) is 1. The maximum absolute atomic E-state index is 11.6. The molecule has 5 heteroatoms. The van der Waals surface area contributed by atoms with Gasteiger partial charge in [0.05, 0.1) is 0 Å². The van der Waals surface area contributed by atoms with Crippen molar-refractivity contribution in [1.29, 1.82) is 0 Å². The van der Waals surface area contributed by atoms with Crippen LogP contribution in [0.25, 0.3) is 0 Å². The SMILES string of the molecule is FC(F)(F)CCCNCCCCl. The van der Waals surface area contributed by atoms with Crippen LogP contribution in [0.15, 0.2) is 0 Å². The number of hydrogen-bond acceptors (Lipinski definition) is 1. The van der Waals surface area contributed by atoms with E-state index in [4.69, 9.17) is 11.6 Å². The Bertz CT molecular complexity index is 105. The number of halogens is 4. The Labute approximate surface area is 75.3 Å². The van der Waals surface area contributed by atoms with Gasteiger partial charge in [-0.3, -0.25) is 0 Å². The van der Waals surface area contributed by atoms with Gasteiger partial charge in [0.25, 0.3) is 0 Å². The molecule has 0 aromatic carbocycles. The summed E-state index contributed by atoms with van der Waals surface area (Å²) >= 11 is 5.37. The van der Waals surface area contributed by atoms with E-state index in [0.717, 1.165) is 6.42 Å². The van der Waals surface area contributed by atoms with Crippen molar-refractivity contribution in [2.75, 3.05) is 19.0 Å². The molecular formula is C7H13ClF3N. The Kier molecular flexibility index (Phi) is 6.57. The second-order valence-corrected chi connectivity index (χ2v) is 2.89. The first kappa shape index (κ1) is 12.0. The number of nitrogens with one attached hydrogen (secondary N) is 1. The topological polar surface area (TPSA) is 12.0 Å². The lowest BCUT2D eigenvalue weighted by Gasteiger charge is -2.06. The van der Waals surface area contributed by atoms with Crippen LogP contribution in [0.3, 0.4) is 0 Å². The van der Waals surface area contributed by atoms with Gasteiger partial charge < -0.3 is 5.32 Å². The van der Waals surface area contributed by atoms with E-state index in [1.54, 1.807) is 0 Å². The zero-order valence-corrected chi connectivity index (χ0v) is 7.51. The van der Waals surface area contributed by atoms with Crippen LogP contribution in [0.4, 0.5) is 13.2 Å². The maximum atomic E-state index is 11.6. The highest BCUT2D eigenvalue weighted by molar-refractivity contribution is 6.17. The third-order valence-corrected chi connectivity index (χ3v) is 1.57. The summed E-state index contributed by atoms with van der Waals surface area (Å²) < 4.78 is 34.7. The van der Waals surface area contributed by atoms with Gasteiger partial charge >= 0.3 is 6.18 Å². The summed E-state index contributed by atoms with van der Waals surface area (Å²) in [5.41, 5.74) is 0. The Morgan fingerprint density at radius 1 is 1.08 bits per heavy atom. The molecule has 0 fully saturated rings. The van der Waals surface area contributed by atoms with Gasteiger partial charge in [0, 0.05) is 12.3 Å². The normalized spacial score (nSPS) is 12.0. The Hall–Kier alpha value is 0.0400. The first-order chi connectivity index (χ1) is 5.56. The van der Waals surface area contributed by atoms with Crippen molar-refractivity contribution in [2.45, 2.75) is 25.4 Å². The standard InChI is InChI=1S/C7H13ClF3N/c8-4-2-6-12-5-1-3-7(9,10)11/h12H,1-6H2. The van der Waals surface area contributed by atoms with Crippen molar-refractivity contribution in [3.05, 3.63) is 0 Å². The summed E-state index contributed by atoms with van der Waals surface area (Å²) in [6.45, 7) is 1.11. The zero-order valence-electron chi connectivity index (χ0n) is 6.75. The van der Waals surface area contributed by atoms with Crippen LogP contribution in [0, 0.1) is 0 Å². The van der Waals surface area contributed by atoms with Gasteiger partial charge in [-0.2, -0.15) is 13.2 Å². The summed E-state index contributed by atoms with van der Waals surface area (Å²) in [5, 5.41) is 2.87. The minimum Gasteiger partial charge on any atom is -0.317 e. The molecule has 12 heavy (non-hydrogen) atoms. The minimum atomic E-state index is -4.02. The molecule has 0 radical (unpaired) electrons. The molecule has 74 valence electrons. The second-order valence-electron chi connectivity index (χ2n) is 2.51. The molecule has 0 aromatic rings. The summed E-state index contributed by atoms with van der Waals surface area (Å²) in [5.74, 6) is 0.548. The molecule has 0 aliphatic heterocycles. The summed E-state index contributed by atoms with van der Waals surface area (Å²) in [6.07, 6.45) is -3.78. The molecule has 0 unspecified atom stereocenters. The number of rotatable bonds is 6. The molecule has 0 rings (SSSR count). The first-order valence-corrected chi connectivity index (χ1v) is 4.43. The molecule has 1 nitrogen and oxygen atoms in total. The minimum absolute atomic E-state index is 0.145. The molecule has 0 aliphatic carbocycles. The quantitative estimate of drug-likeness (QED) is 0.517. The fourth-order valence-corrected chi connectivity index (χ4v) is 0.864. The van der Waals surface area contributed by atoms with Crippen LogP contribution in [0.2, 0.25) is 0 Å². The van der Waals surface area contributed by atoms with Gasteiger partial charge in [0.2, 0.25) is 0 Å². The monoisotopic (exact) mass is 203 g/mol. The van der Waals surface area contributed by atoms with E-state index < -0.39 is 12.6 Å². The molecule has 0 saturated heterocycles. The van der Waals surface area contributed by atoms with Crippen LogP contribution in [-0.2, 0) is 0 Å². The molecular weight excluding hydrogens is 191 g/mol. The van der Waals surface area contributed by atoms with Crippen molar-refractivity contribution < 1.29 is 13.2 Å². The van der Waals surface area contributed by atoms with Crippen molar-refractivity contribution in [3.8, 4) is 0 Å². The van der Waals surface area contributed by atoms with Crippen molar-refractivity contribution in [2.24, 2.45) is 0 Å². The van der Waals surface area contributed by atoms with E-state index in [1.807, 2.05) is 0 Å². The summed E-state index contributed by atoms with van der Waals surface area (Å²) in [4.78, 5) is 0. The van der Waals surface area contributed by atoms with Gasteiger partial charge in [-0.25, -0.2) is 0 Å². The lowest BCUT2D eigenvalue weighted by atomic mass is 10.3. The van der Waals surface area contributed by atoms with Gasteiger partial charge in [-0.15, -0.1) is 11.6 Å². The van der Waals surface area contributed by atoms with Gasteiger partial charge in [-0.1, -0.05) is 0 Å². The number of alkyl halides is 4. The van der Waals surface area contributed by atoms with E-state index in [-0.39, 0.29) is 6.42 Å². The highest BCUT2D eigenvalue weighted by Crippen LogP contribution is 2.20. The van der Waals surface area contributed by atoms with Crippen LogP contribution >= 0.6 is 11.6 Å². The van der Waals surface area contributed by atoms with Gasteiger partial charge in [-0.05, 0) is 25.9 Å². The van der Waals surface area contributed by atoms with Gasteiger partial charge in [0.15, 0.2) is 0 Å². The van der Waals surface area contributed by atoms with Crippen LogP contribution in [-0.4, -0.2) is 25.1 Å². The van der Waals surface area contributed by atoms with E-state index >= 15 is 0 Å². The van der Waals surface area contributed by atoms with Crippen molar-refractivity contribution in [1.82, 2.24) is 5.32 Å². The third kappa shape index (κ3) is 10.0. The lowest BCUT2D eigenvalue weighted by molar-refractivity contribution is -0.135. The van der Waals surface area contributed by atoms with Crippen LogP contribution < -0.4 is 5.32 Å². The largest absolute Gasteiger partial charge is 0.389 e. The molecule has 1 N–H and O–H groups in total. The van der Waals surface area contributed by atoms with E-state index in [0.29, 0.717) is 19.0 Å². The molecule has 0 saturated carbocycles. The van der Waals surface area contributed by atoms with E-state index in [2.05, 4.69) is 5.32 Å². The molecule has 0 aliphatic rings. The average molecular weight is 204 g/mol. The summed E-state index contributed by atoms with van der Waals surface area (Å²) in [6, 6.07) is 0. The maximum Gasteiger partial charge on any atom is 0.389 e. The fourth-order valence-electron chi connectivity index (χ4n) is 0.731. The highest BCUT2D eigenvalue weighted by Gasteiger charge is 2.25.